The van der Waals surface area contributed by atoms with Crippen molar-refractivity contribution in [2.75, 3.05) is 0 Å². The van der Waals surface area contributed by atoms with Gasteiger partial charge in [0.1, 0.15) is 0 Å². The van der Waals surface area contributed by atoms with Crippen LogP contribution in [0.5, 0.6) is 0 Å². The number of hydrogen-bond donors (Lipinski definition) is 0. The molecule has 1 aromatic heterocycles. The molecule has 98 valence electrons. The van der Waals surface area contributed by atoms with Gasteiger partial charge >= 0.3 is 0 Å². The highest BCUT2D eigenvalue weighted by atomic mass is 79.9. The first-order valence-electron chi connectivity index (χ1n) is 6.19. The van der Waals surface area contributed by atoms with Crippen molar-refractivity contribution in [3.63, 3.8) is 0 Å². The average Bonchev–Trinajstić information content (AvgIpc) is 2.30. The number of carbonyl (C=O) groups is 1. The molecule has 1 aromatic carbocycles. The lowest BCUT2D eigenvalue weighted by Crippen LogP contribution is -2.09. The summed E-state index contributed by atoms with van der Waals surface area (Å²) < 4.78 is 0.923. The number of pyridine rings is 1. The lowest BCUT2D eigenvalue weighted by atomic mass is 9.94. The standard InChI is InChI=1S/C16H16BrNO/c1-10-6-11(2)16(12(3)7-10)15(19)8-14-5-4-13(17)9-18-14/h4-7,9H,8H2,1-3H3. The fraction of sp³-hybridized carbons (Fsp3) is 0.250. The van der Waals surface area contributed by atoms with Gasteiger partial charge in [0.2, 0.25) is 0 Å². The van der Waals surface area contributed by atoms with Crippen LogP contribution in [0.3, 0.4) is 0 Å². The van der Waals surface area contributed by atoms with Crippen LogP contribution in [-0.2, 0) is 6.42 Å². The maximum Gasteiger partial charge on any atom is 0.169 e. The minimum atomic E-state index is 0.129. The molecular weight excluding hydrogens is 302 g/mol. The second-order valence-corrected chi connectivity index (χ2v) is 5.76. The Labute approximate surface area is 122 Å². The Morgan fingerprint density at radius 2 is 1.79 bits per heavy atom. The lowest BCUT2D eigenvalue weighted by molar-refractivity contribution is 0.0991. The van der Waals surface area contributed by atoms with Gasteiger partial charge in [-0.1, -0.05) is 17.7 Å². The summed E-state index contributed by atoms with van der Waals surface area (Å²) in [5.41, 5.74) is 4.90. The minimum absolute atomic E-state index is 0.129. The highest BCUT2D eigenvalue weighted by Crippen LogP contribution is 2.18. The van der Waals surface area contributed by atoms with Crippen molar-refractivity contribution in [1.29, 1.82) is 0 Å². The predicted molar refractivity (Wildman–Crippen MR) is 80.6 cm³/mol. The minimum Gasteiger partial charge on any atom is -0.294 e. The van der Waals surface area contributed by atoms with Crippen LogP contribution in [0, 0.1) is 20.8 Å². The third-order valence-electron chi connectivity index (χ3n) is 3.09. The third-order valence-corrected chi connectivity index (χ3v) is 3.56. The number of aromatic nitrogens is 1. The number of carbonyl (C=O) groups excluding carboxylic acids is 1. The molecule has 0 spiro atoms. The van der Waals surface area contributed by atoms with Crippen LogP contribution in [-0.4, -0.2) is 10.8 Å². The quantitative estimate of drug-likeness (QED) is 0.794. The smallest absolute Gasteiger partial charge is 0.169 e. The summed E-state index contributed by atoms with van der Waals surface area (Å²) in [5.74, 6) is 0.129. The predicted octanol–water partition coefficient (Wildman–Crippen LogP) is 4.19. The maximum atomic E-state index is 12.4. The zero-order valence-corrected chi connectivity index (χ0v) is 12.9. The van der Waals surface area contributed by atoms with Crippen molar-refractivity contribution in [3.05, 3.63) is 62.9 Å². The number of benzene rings is 1. The molecule has 0 aliphatic rings. The second-order valence-electron chi connectivity index (χ2n) is 4.84. The van der Waals surface area contributed by atoms with Gasteiger partial charge in [0, 0.05) is 21.9 Å². The molecule has 2 nitrogen and oxygen atoms in total. The Hall–Kier alpha value is -1.48. The number of nitrogens with zero attached hydrogens (tertiary/aromatic N) is 1. The van der Waals surface area contributed by atoms with Crippen molar-refractivity contribution >= 4 is 21.7 Å². The van der Waals surface area contributed by atoms with Crippen LogP contribution < -0.4 is 0 Å². The van der Waals surface area contributed by atoms with Gasteiger partial charge < -0.3 is 0 Å². The van der Waals surface area contributed by atoms with Crippen LogP contribution in [0.1, 0.15) is 32.7 Å². The molecule has 1 heterocycles. The van der Waals surface area contributed by atoms with Crippen molar-refractivity contribution in [3.8, 4) is 0 Å². The lowest BCUT2D eigenvalue weighted by Gasteiger charge is -2.10. The van der Waals surface area contributed by atoms with Gasteiger partial charge in [0.25, 0.3) is 0 Å². The molecule has 0 saturated heterocycles. The van der Waals surface area contributed by atoms with E-state index in [2.05, 4.69) is 33.0 Å². The summed E-state index contributed by atoms with van der Waals surface area (Å²) in [4.78, 5) is 16.7. The Bertz CT molecular complexity index is 594. The summed E-state index contributed by atoms with van der Waals surface area (Å²) >= 11 is 3.34. The van der Waals surface area contributed by atoms with E-state index in [1.54, 1.807) is 6.20 Å². The van der Waals surface area contributed by atoms with Gasteiger partial charge in [0.05, 0.1) is 6.42 Å². The first kappa shape index (κ1) is 13.9. The van der Waals surface area contributed by atoms with Crippen LogP contribution >= 0.6 is 15.9 Å². The molecule has 0 saturated carbocycles. The molecule has 2 aromatic rings. The van der Waals surface area contributed by atoms with Crippen molar-refractivity contribution in [1.82, 2.24) is 4.98 Å². The molecule has 0 bridgehead atoms. The zero-order chi connectivity index (χ0) is 14.0. The van der Waals surface area contributed by atoms with E-state index < -0.39 is 0 Å². The van der Waals surface area contributed by atoms with E-state index in [9.17, 15) is 4.79 Å². The van der Waals surface area contributed by atoms with Crippen LogP contribution in [0.15, 0.2) is 34.9 Å². The van der Waals surface area contributed by atoms with Gasteiger partial charge in [0.15, 0.2) is 5.78 Å². The molecule has 0 radical (unpaired) electrons. The summed E-state index contributed by atoms with van der Waals surface area (Å²) in [6.45, 7) is 6.02. The zero-order valence-electron chi connectivity index (χ0n) is 11.3. The maximum absolute atomic E-state index is 12.4. The molecule has 0 atom stereocenters. The molecule has 0 N–H and O–H groups in total. The number of Topliss-reactive ketones (excluding diaryl/α,β-unsaturated/α-hetero) is 1. The number of ketones is 1. The van der Waals surface area contributed by atoms with Crippen molar-refractivity contribution in [2.24, 2.45) is 0 Å². The summed E-state index contributed by atoms with van der Waals surface area (Å²) in [6.07, 6.45) is 2.06. The third kappa shape index (κ3) is 3.29. The molecular formula is C16H16BrNO. The van der Waals surface area contributed by atoms with Crippen molar-refractivity contribution in [2.45, 2.75) is 27.2 Å². The Morgan fingerprint density at radius 3 is 2.32 bits per heavy atom. The van der Waals surface area contributed by atoms with Crippen LogP contribution in [0.4, 0.5) is 0 Å². The fourth-order valence-corrected chi connectivity index (χ4v) is 2.62. The number of aryl methyl sites for hydroxylation is 3. The molecule has 0 aliphatic carbocycles. The Morgan fingerprint density at radius 1 is 1.16 bits per heavy atom. The van der Waals surface area contributed by atoms with Gasteiger partial charge in [-0.15, -0.1) is 0 Å². The summed E-state index contributed by atoms with van der Waals surface area (Å²) in [5, 5.41) is 0. The molecule has 2 rings (SSSR count). The molecule has 3 heteroatoms. The van der Waals surface area contributed by atoms with Gasteiger partial charge in [-0.25, -0.2) is 0 Å². The van der Waals surface area contributed by atoms with E-state index >= 15 is 0 Å². The van der Waals surface area contributed by atoms with E-state index in [1.807, 2.05) is 32.9 Å². The topological polar surface area (TPSA) is 30.0 Å². The molecule has 0 unspecified atom stereocenters. The largest absolute Gasteiger partial charge is 0.294 e. The number of hydrogen-bond acceptors (Lipinski definition) is 2. The van der Waals surface area contributed by atoms with Gasteiger partial charge in [-0.05, 0) is 60.0 Å². The summed E-state index contributed by atoms with van der Waals surface area (Å²) in [6, 6.07) is 7.88. The van der Waals surface area contributed by atoms with Gasteiger partial charge in [-0.3, -0.25) is 9.78 Å². The van der Waals surface area contributed by atoms with Crippen LogP contribution in [0.2, 0.25) is 0 Å². The van der Waals surface area contributed by atoms with Crippen LogP contribution in [0.25, 0.3) is 0 Å². The fourth-order valence-electron chi connectivity index (χ4n) is 2.38. The van der Waals surface area contributed by atoms with E-state index in [0.29, 0.717) is 6.42 Å². The first-order chi connectivity index (χ1) is 8.97. The highest BCUT2D eigenvalue weighted by molar-refractivity contribution is 9.10. The Kier molecular flexibility index (Phi) is 4.15. The molecule has 0 amide bonds. The van der Waals surface area contributed by atoms with E-state index in [1.165, 1.54) is 5.56 Å². The number of halogens is 1. The molecule has 0 fully saturated rings. The van der Waals surface area contributed by atoms with E-state index in [0.717, 1.165) is 26.9 Å². The summed E-state index contributed by atoms with van der Waals surface area (Å²) in [7, 11) is 0. The van der Waals surface area contributed by atoms with E-state index in [-0.39, 0.29) is 5.78 Å². The first-order valence-corrected chi connectivity index (χ1v) is 6.98. The highest BCUT2D eigenvalue weighted by Gasteiger charge is 2.13. The number of rotatable bonds is 3. The second kappa shape index (κ2) is 5.66. The van der Waals surface area contributed by atoms with Gasteiger partial charge in [-0.2, -0.15) is 0 Å². The average molecular weight is 318 g/mol. The van der Waals surface area contributed by atoms with E-state index in [4.69, 9.17) is 0 Å². The van der Waals surface area contributed by atoms with Crippen molar-refractivity contribution < 1.29 is 4.79 Å². The molecule has 19 heavy (non-hydrogen) atoms. The molecule has 0 aliphatic heterocycles. The SMILES string of the molecule is Cc1cc(C)c(C(=O)Cc2ccc(Br)cn2)c(C)c1. The monoisotopic (exact) mass is 317 g/mol. The Balaban J connectivity index is 2.28. The normalized spacial score (nSPS) is 10.5.